The smallest absolute Gasteiger partial charge is 0.223 e. The number of morpholine rings is 1. The molecule has 0 bridgehead atoms. The highest BCUT2D eigenvalue weighted by Crippen LogP contribution is 2.23. The number of benzene rings is 1. The lowest BCUT2D eigenvalue weighted by atomic mass is 10.1. The van der Waals surface area contributed by atoms with Gasteiger partial charge in [-0.15, -0.1) is 0 Å². The van der Waals surface area contributed by atoms with E-state index in [-0.39, 0.29) is 17.8 Å². The second-order valence-electron chi connectivity index (χ2n) is 5.76. The molecule has 1 amide bonds. The van der Waals surface area contributed by atoms with Crippen molar-refractivity contribution in [2.75, 3.05) is 19.8 Å². The Labute approximate surface area is 134 Å². The van der Waals surface area contributed by atoms with E-state index in [1.807, 2.05) is 11.8 Å². The van der Waals surface area contributed by atoms with E-state index in [4.69, 9.17) is 4.74 Å². The van der Waals surface area contributed by atoms with Gasteiger partial charge in [-0.25, -0.2) is 9.37 Å². The van der Waals surface area contributed by atoms with Crippen molar-refractivity contribution in [3.63, 3.8) is 0 Å². The van der Waals surface area contributed by atoms with Gasteiger partial charge in [0.15, 0.2) is 0 Å². The fourth-order valence-electron chi connectivity index (χ4n) is 2.78. The number of imidazole rings is 1. The van der Waals surface area contributed by atoms with Gasteiger partial charge in [-0.05, 0) is 31.0 Å². The molecule has 0 aliphatic carbocycles. The average Bonchev–Trinajstić information content (AvgIpc) is 3.00. The van der Waals surface area contributed by atoms with Crippen molar-refractivity contribution in [2.45, 2.75) is 25.8 Å². The molecular weight excluding hydrogens is 297 g/mol. The van der Waals surface area contributed by atoms with Gasteiger partial charge in [-0.2, -0.15) is 0 Å². The van der Waals surface area contributed by atoms with Crippen LogP contribution < -0.4 is 0 Å². The van der Waals surface area contributed by atoms with Crippen molar-refractivity contribution >= 4 is 5.91 Å². The van der Waals surface area contributed by atoms with Crippen molar-refractivity contribution in [3.8, 4) is 0 Å². The molecule has 1 atom stereocenters. The maximum absolute atomic E-state index is 12.9. The van der Waals surface area contributed by atoms with Gasteiger partial charge in [0.1, 0.15) is 17.7 Å². The number of nitrogens with one attached hydrogen (secondary N) is 1. The molecule has 1 N–H and O–H groups in total. The summed E-state index contributed by atoms with van der Waals surface area (Å²) in [4.78, 5) is 21.9. The highest BCUT2D eigenvalue weighted by Gasteiger charge is 2.30. The molecule has 1 aliphatic rings. The van der Waals surface area contributed by atoms with E-state index in [1.54, 1.807) is 18.3 Å². The minimum absolute atomic E-state index is 0.0664. The van der Waals surface area contributed by atoms with Crippen molar-refractivity contribution in [1.82, 2.24) is 14.9 Å². The Morgan fingerprint density at radius 1 is 1.43 bits per heavy atom. The number of nitrogens with zero attached hydrogens (tertiary/aromatic N) is 2. The average molecular weight is 317 g/mol. The van der Waals surface area contributed by atoms with Crippen molar-refractivity contribution in [2.24, 2.45) is 0 Å². The molecule has 0 saturated carbocycles. The fraction of sp³-hybridized carbons (Fsp3) is 0.412. The van der Waals surface area contributed by atoms with E-state index in [0.29, 0.717) is 32.6 Å². The van der Waals surface area contributed by atoms with Crippen LogP contribution in [0, 0.1) is 12.7 Å². The van der Waals surface area contributed by atoms with Gasteiger partial charge in [-0.3, -0.25) is 4.79 Å². The lowest BCUT2D eigenvalue weighted by Gasteiger charge is -2.34. The highest BCUT2D eigenvalue weighted by atomic mass is 19.1. The Morgan fingerprint density at radius 2 is 2.22 bits per heavy atom. The van der Waals surface area contributed by atoms with Crippen molar-refractivity contribution in [3.05, 3.63) is 53.4 Å². The Kier molecular flexibility index (Phi) is 4.71. The Morgan fingerprint density at radius 3 is 2.91 bits per heavy atom. The lowest BCUT2D eigenvalue weighted by molar-refractivity contribution is -0.140. The highest BCUT2D eigenvalue weighted by molar-refractivity contribution is 5.77. The minimum Gasteiger partial charge on any atom is -0.377 e. The number of ether oxygens (including phenoxy) is 1. The summed E-state index contributed by atoms with van der Waals surface area (Å²) in [5.41, 5.74) is 1.92. The largest absolute Gasteiger partial charge is 0.377 e. The standard InChI is InChI=1S/C17H20FN3O2/c1-12-10-19-17(20-12)15-11-23-9-8-21(15)16(22)7-4-13-2-5-14(18)6-3-13/h2-3,5-6,10,15H,4,7-9,11H2,1H3,(H,19,20). The second-order valence-corrected chi connectivity index (χ2v) is 5.76. The number of amides is 1. The number of rotatable bonds is 4. The molecule has 1 unspecified atom stereocenters. The first kappa shape index (κ1) is 15.7. The number of aromatic nitrogens is 2. The Balaban J connectivity index is 1.65. The van der Waals surface area contributed by atoms with Gasteiger partial charge < -0.3 is 14.6 Å². The van der Waals surface area contributed by atoms with Crippen LogP contribution in [-0.4, -0.2) is 40.5 Å². The van der Waals surface area contributed by atoms with Gasteiger partial charge in [0.25, 0.3) is 0 Å². The van der Waals surface area contributed by atoms with Crippen molar-refractivity contribution in [1.29, 1.82) is 0 Å². The number of carbonyl (C=O) groups excluding carboxylic acids is 1. The number of halogens is 1. The molecule has 2 heterocycles. The predicted octanol–water partition coefficient (Wildman–Crippen LogP) is 2.39. The molecule has 0 radical (unpaired) electrons. The van der Waals surface area contributed by atoms with Crippen LogP contribution in [0.25, 0.3) is 0 Å². The molecule has 23 heavy (non-hydrogen) atoms. The van der Waals surface area contributed by atoms with E-state index in [0.717, 1.165) is 17.1 Å². The normalized spacial score (nSPS) is 18.2. The van der Waals surface area contributed by atoms with Crippen LogP contribution in [0.3, 0.4) is 0 Å². The van der Waals surface area contributed by atoms with Crippen LogP contribution in [0.5, 0.6) is 0 Å². The zero-order chi connectivity index (χ0) is 16.2. The van der Waals surface area contributed by atoms with E-state index in [1.165, 1.54) is 12.1 Å². The molecule has 1 aromatic heterocycles. The first-order chi connectivity index (χ1) is 11.1. The third kappa shape index (κ3) is 3.76. The molecule has 1 aromatic carbocycles. The Hall–Kier alpha value is -2.21. The molecule has 5 nitrogen and oxygen atoms in total. The number of hydrogen-bond acceptors (Lipinski definition) is 3. The first-order valence-corrected chi connectivity index (χ1v) is 7.76. The van der Waals surface area contributed by atoms with Gasteiger partial charge >= 0.3 is 0 Å². The first-order valence-electron chi connectivity index (χ1n) is 7.76. The minimum atomic E-state index is -0.262. The summed E-state index contributed by atoms with van der Waals surface area (Å²) in [6, 6.07) is 6.11. The maximum atomic E-state index is 12.9. The van der Waals surface area contributed by atoms with Crippen LogP contribution >= 0.6 is 0 Å². The van der Waals surface area contributed by atoms with Crippen LogP contribution in [-0.2, 0) is 16.0 Å². The summed E-state index contributed by atoms with van der Waals surface area (Å²) in [6.07, 6.45) is 2.74. The number of hydrogen-bond donors (Lipinski definition) is 1. The molecule has 3 rings (SSSR count). The number of aryl methyl sites for hydroxylation is 2. The number of H-pyrrole nitrogens is 1. The maximum Gasteiger partial charge on any atom is 0.223 e. The fourth-order valence-corrected chi connectivity index (χ4v) is 2.78. The summed E-state index contributed by atoms with van der Waals surface area (Å²) in [6.45, 7) is 3.49. The molecule has 6 heteroatoms. The number of carbonyl (C=O) groups is 1. The lowest BCUT2D eigenvalue weighted by Crippen LogP contribution is -2.44. The quantitative estimate of drug-likeness (QED) is 0.942. The molecule has 0 spiro atoms. The molecule has 1 fully saturated rings. The summed E-state index contributed by atoms with van der Waals surface area (Å²) in [5, 5.41) is 0. The second kappa shape index (κ2) is 6.91. The topological polar surface area (TPSA) is 58.2 Å². The summed E-state index contributed by atoms with van der Waals surface area (Å²) in [7, 11) is 0. The summed E-state index contributed by atoms with van der Waals surface area (Å²) in [5.74, 6) is 0.565. The molecule has 1 aliphatic heterocycles. The van der Waals surface area contributed by atoms with Gasteiger partial charge in [0.05, 0.1) is 13.2 Å². The van der Waals surface area contributed by atoms with Crippen molar-refractivity contribution < 1.29 is 13.9 Å². The zero-order valence-corrected chi connectivity index (χ0v) is 13.1. The van der Waals surface area contributed by atoms with Crippen LogP contribution in [0.4, 0.5) is 4.39 Å². The number of aromatic amines is 1. The van der Waals surface area contributed by atoms with Gasteiger partial charge in [-0.1, -0.05) is 12.1 Å². The van der Waals surface area contributed by atoms with Gasteiger partial charge in [0.2, 0.25) is 5.91 Å². The summed E-state index contributed by atoms with van der Waals surface area (Å²) < 4.78 is 18.4. The van der Waals surface area contributed by atoms with E-state index in [2.05, 4.69) is 9.97 Å². The van der Waals surface area contributed by atoms with Crippen LogP contribution in [0.2, 0.25) is 0 Å². The third-order valence-corrected chi connectivity index (χ3v) is 4.03. The zero-order valence-electron chi connectivity index (χ0n) is 13.1. The third-order valence-electron chi connectivity index (χ3n) is 4.03. The predicted molar refractivity (Wildman–Crippen MR) is 83.3 cm³/mol. The molecular formula is C17H20FN3O2. The van der Waals surface area contributed by atoms with E-state index < -0.39 is 0 Å². The van der Waals surface area contributed by atoms with E-state index >= 15 is 0 Å². The van der Waals surface area contributed by atoms with E-state index in [9.17, 15) is 9.18 Å². The monoisotopic (exact) mass is 317 g/mol. The van der Waals surface area contributed by atoms with Crippen LogP contribution in [0.15, 0.2) is 30.5 Å². The SMILES string of the molecule is Cc1cnc(C2COCCN2C(=O)CCc2ccc(F)cc2)[nH]1. The Bertz CT molecular complexity index is 669. The molecule has 2 aromatic rings. The van der Waals surface area contributed by atoms with Crippen LogP contribution in [0.1, 0.15) is 29.5 Å². The molecule has 122 valence electrons. The van der Waals surface area contributed by atoms with Gasteiger partial charge in [0, 0.05) is 24.9 Å². The summed E-state index contributed by atoms with van der Waals surface area (Å²) >= 11 is 0. The molecule has 1 saturated heterocycles.